The van der Waals surface area contributed by atoms with E-state index in [1.165, 1.54) is 4.88 Å². The zero-order valence-corrected chi connectivity index (χ0v) is 13.2. The summed E-state index contributed by atoms with van der Waals surface area (Å²) in [5.74, 6) is 0. The van der Waals surface area contributed by atoms with Crippen molar-refractivity contribution in [2.75, 3.05) is 26.2 Å². The first-order valence-corrected chi connectivity index (χ1v) is 7.96. The fraction of sp³-hybridized carbons (Fsp3) is 0.786. The summed E-state index contributed by atoms with van der Waals surface area (Å²) in [4.78, 5) is 8.51. The van der Waals surface area contributed by atoms with E-state index in [4.69, 9.17) is 9.72 Å². The van der Waals surface area contributed by atoms with Crippen LogP contribution in [0, 0.1) is 6.92 Å². The van der Waals surface area contributed by atoms with Crippen molar-refractivity contribution in [1.29, 1.82) is 0 Å². The van der Waals surface area contributed by atoms with Gasteiger partial charge in [0.1, 0.15) is 11.1 Å². The molecule has 0 radical (unpaired) electrons. The summed E-state index contributed by atoms with van der Waals surface area (Å²) in [6, 6.07) is 0.577. The average molecular weight is 283 g/mol. The van der Waals surface area contributed by atoms with Crippen molar-refractivity contribution >= 4 is 11.3 Å². The summed E-state index contributed by atoms with van der Waals surface area (Å²) < 4.78 is 5.90. The summed E-state index contributed by atoms with van der Waals surface area (Å²) in [7, 11) is 0. The normalized spacial score (nSPS) is 21.2. The Kier molecular flexibility index (Phi) is 5.33. The second-order valence-corrected chi connectivity index (χ2v) is 6.40. The third-order valence-electron chi connectivity index (χ3n) is 3.55. The standard InChI is InChI=1S/C14H25N3OS/c1-5-15-8-13-11(4)16-14(19-13)12-9-17(10(2)3)6-7-18-12/h10,12,15H,5-9H2,1-4H3. The van der Waals surface area contributed by atoms with Gasteiger partial charge in [-0.25, -0.2) is 4.98 Å². The lowest BCUT2D eigenvalue weighted by Gasteiger charge is -2.34. The summed E-state index contributed by atoms with van der Waals surface area (Å²) in [6.07, 6.45) is 0.148. The molecule has 108 valence electrons. The number of nitrogens with one attached hydrogen (secondary N) is 1. The molecule has 0 amide bonds. The SMILES string of the molecule is CCNCc1sc(C2CN(C(C)C)CCO2)nc1C. The fourth-order valence-corrected chi connectivity index (χ4v) is 3.36. The molecule has 19 heavy (non-hydrogen) atoms. The second kappa shape index (κ2) is 6.79. The smallest absolute Gasteiger partial charge is 0.123 e. The molecule has 1 aromatic heterocycles. The molecule has 2 heterocycles. The molecule has 1 N–H and O–H groups in total. The number of aromatic nitrogens is 1. The van der Waals surface area contributed by atoms with Crippen LogP contribution in [-0.4, -0.2) is 42.2 Å². The van der Waals surface area contributed by atoms with E-state index in [1.807, 2.05) is 0 Å². The van der Waals surface area contributed by atoms with Crippen LogP contribution in [0.4, 0.5) is 0 Å². The van der Waals surface area contributed by atoms with Crippen molar-refractivity contribution in [2.24, 2.45) is 0 Å². The third kappa shape index (κ3) is 3.75. The van der Waals surface area contributed by atoms with Crippen LogP contribution < -0.4 is 5.32 Å². The lowest BCUT2D eigenvalue weighted by Crippen LogP contribution is -2.42. The summed E-state index contributed by atoms with van der Waals surface area (Å²) >= 11 is 1.79. The molecule has 5 heteroatoms. The summed E-state index contributed by atoms with van der Waals surface area (Å²) in [6.45, 7) is 13.4. The van der Waals surface area contributed by atoms with Gasteiger partial charge in [0.15, 0.2) is 0 Å². The van der Waals surface area contributed by atoms with Crippen LogP contribution in [0.5, 0.6) is 0 Å². The highest BCUT2D eigenvalue weighted by molar-refractivity contribution is 7.11. The van der Waals surface area contributed by atoms with Gasteiger partial charge in [0.05, 0.1) is 12.3 Å². The molecule has 0 bridgehead atoms. The Balaban J connectivity index is 2.04. The van der Waals surface area contributed by atoms with Gasteiger partial charge in [0, 0.05) is 30.6 Å². The number of hydrogen-bond acceptors (Lipinski definition) is 5. The molecule has 2 rings (SSSR count). The highest BCUT2D eigenvalue weighted by Crippen LogP contribution is 2.29. The molecule has 0 saturated carbocycles. The van der Waals surface area contributed by atoms with Gasteiger partial charge in [0.2, 0.25) is 0 Å². The van der Waals surface area contributed by atoms with E-state index in [0.29, 0.717) is 6.04 Å². The van der Waals surface area contributed by atoms with Gasteiger partial charge in [-0.3, -0.25) is 4.90 Å². The van der Waals surface area contributed by atoms with Crippen molar-refractivity contribution < 1.29 is 4.74 Å². The largest absolute Gasteiger partial charge is 0.368 e. The molecule has 1 aromatic rings. The topological polar surface area (TPSA) is 37.4 Å². The first-order chi connectivity index (χ1) is 9.11. The van der Waals surface area contributed by atoms with Crippen LogP contribution >= 0.6 is 11.3 Å². The Bertz CT molecular complexity index is 405. The van der Waals surface area contributed by atoms with Gasteiger partial charge in [-0.05, 0) is 27.3 Å². The number of nitrogens with zero attached hydrogens (tertiary/aromatic N) is 2. The quantitative estimate of drug-likeness (QED) is 0.900. The Morgan fingerprint density at radius 1 is 1.53 bits per heavy atom. The first kappa shape index (κ1) is 14.9. The molecule has 1 fully saturated rings. The van der Waals surface area contributed by atoms with E-state index in [2.05, 4.69) is 37.9 Å². The van der Waals surface area contributed by atoms with Crippen LogP contribution in [0.3, 0.4) is 0 Å². The fourth-order valence-electron chi connectivity index (χ4n) is 2.28. The van der Waals surface area contributed by atoms with Gasteiger partial charge in [-0.1, -0.05) is 6.92 Å². The highest BCUT2D eigenvalue weighted by atomic mass is 32.1. The maximum atomic E-state index is 5.90. The van der Waals surface area contributed by atoms with Gasteiger partial charge >= 0.3 is 0 Å². The molecule has 0 aliphatic carbocycles. The molecule has 0 aromatic carbocycles. The van der Waals surface area contributed by atoms with Crippen LogP contribution in [0.1, 0.15) is 42.5 Å². The number of thiazole rings is 1. The molecule has 1 aliphatic rings. The predicted molar refractivity (Wildman–Crippen MR) is 79.6 cm³/mol. The maximum Gasteiger partial charge on any atom is 0.123 e. The minimum absolute atomic E-state index is 0.148. The van der Waals surface area contributed by atoms with E-state index in [9.17, 15) is 0 Å². The lowest BCUT2D eigenvalue weighted by molar-refractivity contribution is -0.0403. The van der Waals surface area contributed by atoms with E-state index in [-0.39, 0.29) is 6.10 Å². The van der Waals surface area contributed by atoms with E-state index in [0.717, 1.165) is 43.5 Å². The lowest BCUT2D eigenvalue weighted by atomic mass is 10.2. The van der Waals surface area contributed by atoms with E-state index >= 15 is 0 Å². The van der Waals surface area contributed by atoms with Crippen LogP contribution in [0.15, 0.2) is 0 Å². The number of hydrogen-bond donors (Lipinski definition) is 1. The first-order valence-electron chi connectivity index (χ1n) is 7.14. The average Bonchev–Trinajstić information content (AvgIpc) is 2.78. The molecule has 1 aliphatic heterocycles. The van der Waals surface area contributed by atoms with Crippen molar-refractivity contribution in [1.82, 2.24) is 15.2 Å². The van der Waals surface area contributed by atoms with Crippen LogP contribution in [0.2, 0.25) is 0 Å². The molecular weight excluding hydrogens is 258 g/mol. The summed E-state index contributed by atoms with van der Waals surface area (Å²) in [5.41, 5.74) is 1.14. The minimum atomic E-state index is 0.148. The number of aryl methyl sites for hydroxylation is 1. The Hall–Kier alpha value is -0.490. The Morgan fingerprint density at radius 2 is 2.32 bits per heavy atom. The maximum absolute atomic E-state index is 5.90. The Labute approximate surface area is 120 Å². The Morgan fingerprint density at radius 3 is 3.00 bits per heavy atom. The number of rotatable bonds is 5. The van der Waals surface area contributed by atoms with Gasteiger partial charge in [-0.2, -0.15) is 0 Å². The molecule has 1 saturated heterocycles. The molecular formula is C14H25N3OS. The van der Waals surface area contributed by atoms with Crippen molar-refractivity contribution in [2.45, 2.75) is 46.4 Å². The highest BCUT2D eigenvalue weighted by Gasteiger charge is 2.26. The molecule has 1 unspecified atom stereocenters. The van der Waals surface area contributed by atoms with E-state index < -0.39 is 0 Å². The van der Waals surface area contributed by atoms with Gasteiger partial charge < -0.3 is 10.1 Å². The molecule has 0 spiro atoms. The predicted octanol–water partition coefficient (Wildman–Crippen LogP) is 2.34. The van der Waals surface area contributed by atoms with Crippen LogP contribution in [-0.2, 0) is 11.3 Å². The van der Waals surface area contributed by atoms with E-state index in [1.54, 1.807) is 11.3 Å². The monoisotopic (exact) mass is 283 g/mol. The van der Waals surface area contributed by atoms with Crippen molar-refractivity contribution in [3.05, 3.63) is 15.6 Å². The minimum Gasteiger partial charge on any atom is -0.368 e. The summed E-state index contributed by atoms with van der Waals surface area (Å²) in [5, 5.41) is 4.50. The zero-order chi connectivity index (χ0) is 13.8. The van der Waals surface area contributed by atoms with Crippen molar-refractivity contribution in [3.8, 4) is 0 Å². The van der Waals surface area contributed by atoms with Gasteiger partial charge in [0.25, 0.3) is 0 Å². The third-order valence-corrected chi connectivity index (χ3v) is 4.80. The number of ether oxygens (including phenoxy) is 1. The molecule has 4 nitrogen and oxygen atoms in total. The second-order valence-electron chi connectivity index (χ2n) is 5.29. The molecule has 1 atom stereocenters. The number of morpholine rings is 1. The van der Waals surface area contributed by atoms with Crippen LogP contribution in [0.25, 0.3) is 0 Å². The van der Waals surface area contributed by atoms with Crippen molar-refractivity contribution in [3.63, 3.8) is 0 Å². The van der Waals surface area contributed by atoms with Gasteiger partial charge in [-0.15, -0.1) is 11.3 Å². The zero-order valence-electron chi connectivity index (χ0n) is 12.4.